The maximum atomic E-state index is 4.36. The highest BCUT2D eigenvalue weighted by molar-refractivity contribution is 5.45. The molecule has 1 N–H and O–H groups in total. The number of aromatic nitrogens is 1. The van der Waals surface area contributed by atoms with Gasteiger partial charge in [-0.3, -0.25) is 4.98 Å². The van der Waals surface area contributed by atoms with Crippen LogP contribution in [0.4, 0.5) is 5.69 Å². The Labute approximate surface area is 98.9 Å². The van der Waals surface area contributed by atoms with E-state index in [9.17, 15) is 0 Å². The molecule has 1 aromatic rings. The molecule has 90 valence electrons. The highest BCUT2D eigenvalue weighted by Crippen LogP contribution is 2.12. The fourth-order valence-electron chi connectivity index (χ4n) is 1.66. The van der Waals surface area contributed by atoms with E-state index < -0.39 is 0 Å². The van der Waals surface area contributed by atoms with Crippen LogP contribution in [0.2, 0.25) is 0 Å². The molecule has 0 atom stereocenters. The van der Waals surface area contributed by atoms with Crippen LogP contribution in [0.1, 0.15) is 32.4 Å². The van der Waals surface area contributed by atoms with Gasteiger partial charge in [0.15, 0.2) is 0 Å². The van der Waals surface area contributed by atoms with Gasteiger partial charge in [-0.25, -0.2) is 0 Å². The normalized spacial score (nSPS) is 10.4. The Morgan fingerprint density at radius 2 is 2.12 bits per heavy atom. The molecule has 0 saturated heterocycles. The Morgan fingerprint density at radius 3 is 2.81 bits per heavy atom. The van der Waals surface area contributed by atoms with Gasteiger partial charge in [0.1, 0.15) is 0 Å². The monoisotopic (exact) mass is 221 g/mol. The Balaban J connectivity index is 2.56. The fraction of sp³-hybridized carbons (Fsp3) is 0.615. The second-order valence-corrected chi connectivity index (χ2v) is 4.10. The van der Waals surface area contributed by atoms with E-state index in [1.54, 1.807) is 0 Å². The van der Waals surface area contributed by atoms with Crippen molar-refractivity contribution >= 4 is 5.69 Å². The van der Waals surface area contributed by atoms with E-state index >= 15 is 0 Å². The molecule has 0 aromatic carbocycles. The highest BCUT2D eigenvalue weighted by Gasteiger charge is 2.01. The molecule has 0 saturated carbocycles. The van der Waals surface area contributed by atoms with Gasteiger partial charge < -0.3 is 10.2 Å². The lowest BCUT2D eigenvalue weighted by Crippen LogP contribution is -2.19. The SMILES string of the molecule is CCCNCc1cc(N(C)CCC)ccn1. The van der Waals surface area contributed by atoms with Crippen molar-refractivity contribution in [2.24, 2.45) is 0 Å². The van der Waals surface area contributed by atoms with Crippen molar-refractivity contribution in [3.05, 3.63) is 24.0 Å². The van der Waals surface area contributed by atoms with Crippen molar-refractivity contribution in [3.8, 4) is 0 Å². The number of pyridine rings is 1. The minimum atomic E-state index is 0.863. The minimum absolute atomic E-state index is 0.863. The van der Waals surface area contributed by atoms with E-state index in [-0.39, 0.29) is 0 Å². The van der Waals surface area contributed by atoms with Crippen molar-refractivity contribution in [2.45, 2.75) is 33.2 Å². The first-order valence-electron chi connectivity index (χ1n) is 6.14. The van der Waals surface area contributed by atoms with Gasteiger partial charge in [0.25, 0.3) is 0 Å². The number of nitrogens with zero attached hydrogens (tertiary/aromatic N) is 2. The molecule has 0 amide bonds. The van der Waals surface area contributed by atoms with Crippen LogP contribution in [0.15, 0.2) is 18.3 Å². The highest BCUT2D eigenvalue weighted by atomic mass is 15.1. The van der Waals surface area contributed by atoms with Gasteiger partial charge in [0, 0.05) is 32.0 Å². The van der Waals surface area contributed by atoms with Gasteiger partial charge in [0.2, 0.25) is 0 Å². The van der Waals surface area contributed by atoms with Gasteiger partial charge >= 0.3 is 0 Å². The fourth-order valence-corrected chi connectivity index (χ4v) is 1.66. The van der Waals surface area contributed by atoms with Gasteiger partial charge in [0.05, 0.1) is 5.69 Å². The molecule has 0 unspecified atom stereocenters. The van der Waals surface area contributed by atoms with Crippen LogP contribution in [0.25, 0.3) is 0 Å². The summed E-state index contributed by atoms with van der Waals surface area (Å²) in [5, 5.41) is 3.37. The molecule has 3 nitrogen and oxygen atoms in total. The second-order valence-electron chi connectivity index (χ2n) is 4.10. The van der Waals surface area contributed by atoms with Crippen LogP contribution < -0.4 is 10.2 Å². The molecule has 16 heavy (non-hydrogen) atoms. The van der Waals surface area contributed by atoms with E-state index in [1.807, 2.05) is 6.20 Å². The average Bonchev–Trinajstić information content (AvgIpc) is 2.30. The predicted molar refractivity (Wildman–Crippen MR) is 69.8 cm³/mol. The van der Waals surface area contributed by atoms with Crippen LogP contribution in [-0.4, -0.2) is 25.1 Å². The first kappa shape index (κ1) is 13.0. The van der Waals surface area contributed by atoms with E-state index in [2.05, 4.69) is 48.2 Å². The molecule has 0 spiro atoms. The summed E-state index contributed by atoms with van der Waals surface area (Å²) < 4.78 is 0. The predicted octanol–water partition coefficient (Wildman–Crippen LogP) is 2.43. The van der Waals surface area contributed by atoms with Gasteiger partial charge in [-0.2, -0.15) is 0 Å². The largest absolute Gasteiger partial charge is 0.375 e. The molecule has 0 aliphatic rings. The number of nitrogens with one attached hydrogen (secondary N) is 1. The summed E-state index contributed by atoms with van der Waals surface area (Å²) in [4.78, 5) is 6.63. The van der Waals surface area contributed by atoms with Crippen molar-refractivity contribution in [3.63, 3.8) is 0 Å². The molecular formula is C13H23N3. The van der Waals surface area contributed by atoms with E-state index in [1.165, 1.54) is 12.1 Å². The third-order valence-corrected chi connectivity index (χ3v) is 2.53. The van der Waals surface area contributed by atoms with Crippen LogP contribution >= 0.6 is 0 Å². The smallest absolute Gasteiger partial charge is 0.0562 e. The maximum Gasteiger partial charge on any atom is 0.0562 e. The van der Waals surface area contributed by atoms with E-state index in [0.29, 0.717) is 0 Å². The molecule has 1 heterocycles. The lowest BCUT2D eigenvalue weighted by atomic mass is 10.3. The van der Waals surface area contributed by atoms with Gasteiger partial charge in [-0.1, -0.05) is 13.8 Å². The Hall–Kier alpha value is -1.09. The summed E-state index contributed by atoms with van der Waals surface area (Å²) in [7, 11) is 2.13. The third-order valence-electron chi connectivity index (χ3n) is 2.53. The summed E-state index contributed by atoms with van der Waals surface area (Å²) in [6.07, 6.45) is 4.22. The Bertz CT molecular complexity index is 299. The summed E-state index contributed by atoms with van der Waals surface area (Å²) in [6, 6.07) is 4.23. The Kier molecular flexibility index (Phi) is 5.86. The molecule has 0 aliphatic carbocycles. The van der Waals surface area contributed by atoms with Gasteiger partial charge in [-0.05, 0) is 31.5 Å². The molecule has 0 bridgehead atoms. The van der Waals surface area contributed by atoms with Crippen LogP contribution in [-0.2, 0) is 6.54 Å². The molecule has 0 aliphatic heterocycles. The van der Waals surface area contributed by atoms with Crippen LogP contribution in [0.5, 0.6) is 0 Å². The van der Waals surface area contributed by atoms with Crippen molar-refractivity contribution < 1.29 is 0 Å². The molecule has 1 aromatic heterocycles. The number of hydrogen-bond acceptors (Lipinski definition) is 3. The molecule has 3 heteroatoms. The van der Waals surface area contributed by atoms with Crippen molar-refractivity contribution in [1.29, 1.82) is 0 Å². The van der Waals surface area contributed by atoms with Crippen LogP contribution in [0.3, 0.4) is 0 Å². The van der Waals surface area contributed by atoms with Crippen molar-refractivity contribution in [1.82, 2.24) is 10.3 Å². The summed E-state index contributed by atoms with van der Waals surface area (Å²) >= 11 is 0. The maximum absolute atomic E-state index is 4.36. The number of rotatable bonds is 7. The minimum Gasteiger partial charge on any atom is -0.375 e. The number of anilines is 1. The van der Waals surface area contributed by atoms with Crippen molar-refractivity contribution in [2.75, 3.05) is 25.0 Å². The average molecular weight is 221 g/mol. The second kappa shape index (κ2) is 7.23. The third kappa shape index (κ3) is 4.19. The van der Waals surface area contributed by atoms with E-state index in [4.69, 9.17) is 0 Å². The Morgan fingerprint density at radius 1 is 1.31 bits per heavy atom. The molecule has 0 fully saturated rings. The van der Waals surface area contributed by atoms with E-state index in [0.717, 1.165) is 31.7 Å². The summed E-state index contributed by atoms with van der Waals surface area (Å²) in [5.74, 6) is 0. The first-order chi connectivity index (χ1) is 7.77. The number of hydrogen-bond donors (Lipinski definition) is 1. The standard InChI is InChI=1S/C13H23N3/c1-4-7-14-11-12-10-13(6-8-15-12)16(3)9-5-2/h6,8,10,14H,4-5,7,9,11H2,1-3H3. The lowest BCUT2D eigenvalue weighted by Gasteiger charge is -2.18. The zero-order valence-corrected chi connectivity index (χ0v) is 10.7. The lowest BCUT2D eigenvalue weighted by molar-refractivity contribution is 0.664. The molecular weight excluding hydrogens is 198 g/mol. The zero-order chi connectivity index (χ0) is 11.8. The summed E-state index contributed by atoms with van der Waals surface area (Å²) in [5.41, 5.74) is 2.37. The quantitative estimate of drug-likeness (QED) is 0.717. The topological polar surface area (TPSA) is 28.2 Å². The van der Waals surface area contributed by atoms with Gasteiger partial charge in [-0.15, -0.1) is 0 Å². The molecule has 1 rings (SSSR count). The van der Waals surface area contributed by atoms with Crippen LogP contribution in [0, 0.1) is 0 Å². The molecule has 0 radical (unpaired) electrons. The first-order valence-corrected chi connectivity index (χ1v) is 6.14. The summed E-state index contributed by atoms with van der Waals surface area (Å²) in [6.45, 7) is 7.37. The zero-order valence-electron chi connectivity index (χ0n) is 10.7.